The van der Waals surface area contributed by atoms with E-state index in [4.69, 9.17) is 0 Å². The molecule has 3 rings (SSSR count). The van der Waals surface area contributed by atoms with Crippen LogP contribution in [0.4, 0.5) is 0 Å². The highest BCUT2D eigenvalue weighted by molar-refractivity contribution is 5.73. The van der Waals surface area contributed by atoms with E-state index < -0.39 is 6.04 Å². The molecule has 1 heterocycles. The summed E-state index contributed by atoms with van der Waals surface area (Å²) in [6.45, 7) is 0. The van der Waals surface area contributed by atoms with Crippen molar-refractivity contribution in [3.8, 4) is 11.3 Å². The van der Waals surface area contributed by atoms with Crippen molar-refractivity contribution in [1.29, 1.82) is 0 Å². The standard InChI is InChI=1S/C11H7N3O2/c15-8-5-12-11-9(13-8)6-3-1-2-4-7(6)10(11)14-16/h1-5,10H,(H,13,15). The van der Waals surface area contributed by atoms with Gasteiger partial charge < -0.3 is 4.98 Å². The summed E-state index contributed by atoms with van der Waals surface area (Å²) in [5, 5.41) is 3.07. The van der Waals surface area contributed by atoms with Crippen molar-refractivity contribution in [1.82, 2.24) is 9.97 Å². The zero-order valence-corrected chi connectivity index (χ0v) is 8.18. The Labute approximate surface area is 90.1 Å². The lowest BCUT2D eigenvalue weighted by Gasteiger charge is -2.00. The number of nitrogens with one attached hydrogen (secondary N) is 1. The first kappa shape index (κ1) is 8.96. The molecule has 5 heteroatoms. The molecule has 1 N–H and O–H groups in total. The van der Waals surface area contributed by atoms with Gasteiger partial charge in [0.05, 0.1) is 17.6 Å². The van der Waals surface area contributed by atoms with Crippen LogP contribution >= 0.6 is 0 Å². The first-order chi connectivity index (χ1) is 7.81. The van der Waals surface area contributed by atoms with Crippen molar-refractivity contribution in [2.45, 2.75) is 6.04 Å². The average molecular weight is 213 g/mol. The Hall–Kier alpha value is -2.30. The van der Waals surface area contributed by atoms with Crippen molar-refractivity contribution >= 4 is 0 Å². The maximum absolute atomic E-state index is 11.2. The first-order valence-electron chi connectivity index (χ1n) is 4.82. The fourth-order valence-electron chi connectivity index (χ4n) is 2.04. The van der Waals surface area contributed by atoms with Gasteiger partial charge in [-0.1, -0.05) is 29.4 Å². The molecule has 1 aromatic heterocycles. The lowest BCUT2D eigenvalue weighted by Crippen LogP contribution is -2.08. The molecule has 0 amide bonds. The third-order valence-corrected chi connectivity index (χ3v) is 2.71. The number of aromatic amines is 1. The van der Waals surface area contributed by atoms with Gasteiger partial charge in [-0.15, -0.1) is 4.91 Å². The van der Waals surface area contributed by atoms with Gasteiger partial charge in [0.1, 0.15) is 0 Å². The highest BCUT2D eigenvalue weighted by Gasteiger charge is 2.31. The number of rotatable bonds is 1. The van der Waals surface area contributed by atoms with Gasteiger partial charge in [0.25, 0.3) is 5.56 Å². The van der Waals surface area contributed by atoms with E-state index in [0.717, 1.165) is 11.1 Å². The molecule has 2 aromatic rings. The minimum Gasteiger partial charge on any atom is -0.319 e. The molecule has 78 valence electrons. The summed E-state index contributed by atoms with van der Waals surface area (Å²) >= 11 is 0. The predicted octanol–water partition coefficient (Wildman–Crippen LogP) is 1.61. The molecule has 1 aliphatic carbocycles. The Kier molecular flexibility index (Phi) is 1.73. The topological polar surface area (TPSA) is 75.2 Å². The molecule has 0 radical (unpaired) electrons. The lowest BCUT2D eigenvalue weighted by molar-refractivity contribution is 0.842. The quantitative estimate of drug-likeness (QED) is 0.731. The number of aromatic nitrogens is 2. The number of hydrogen-bond donors (Lipinski definition) is 1. The molecule has 1 aromatic carbocycles. The van der Waals surface area contributed by atoms with E-state index in [1.165, 1.54) is 6.20 Å². The van der Waals surface area contributed by atoms with E-state index in [-0.39, 0.29) is 5.56 Å². The van der Waals surface area contributed by atoms with Crippen LogP contribution in [0.15, 0.2) is 40.4 Å². The van der Waals surface area contributed by atoms with Crippen LogP contribution in [0.3, 0.4) is 0 Å². The molecular weight excluding hydrogens is 206 g/mol. The van der Waals surface area contributed by atoms with E-state index in [9.17, 15) is 9.70 Å². The van der Waals surface area contributed by atoms with Gasteiger partial charge in [-0.3, -0.25) is 9.78 Å². The SMILES string of the molecule is O=NC1c2ccccc2-c2[nH]c(=O)cnc21. The van der Waals surface area contributed by atoms with E-state index in [1.807, 2.05) is 24.3 Å². The molecule has 1 unspecified atom stereocenters. The smallest absolute Gasteiger partial charge is 0.266 e. The van der Waals surface area contributed by atoms with Crippen molar-refractivity contribution in [2.75, 3.05) is 0 Å². The molecule has 0 saturated carbocycles. The van der Waals surface area contributed by atoms with E-state index in [2.05, 4.69) is 15.1 Å². The molecule has 1 aliphatic rings. The highest BCUT2D eigenvalue weighted by Crippen LogP contribution is 2.42. The van der Waals surface area contributed by atoms with Gasteiger partial charge in [-0.25, -0.2) is 0 Å². The molecule has 1 atom stereocenters. The lowest BCUT2D eigenvalue weighted by atomic mass is 10.1. The Balaban J connectivity index is 2.39. The largest absolute Gasteiger partial charge is 0.319 e. The molecule has 5 nitrogen and oxygen atoms in total. The van der Waals surface area contributed by atoms with Crippen LogP contribution in [0, 0.1) is 4.91 Å². The second-order valence-electron chi connectivity index (χ2n) is 3.60. The van der Waals surface area contributed by atoms with Gasteiger partial charge >= 0.3 is 0 Å². The molecule has 16 heavy (non-hydrogen) atoms. The summed E-state index contributed by atoms with van der Waals surface area (Å²) in [5.41, 5.74) is 2.47. The third-order valence-electron chi connectivity index (χ3n) is 2.71. The minimum atomic E-state index is -0.608. The maximum atomic E-state index is 11.2. The van der Waals surface area contributed by atoms with Crippen molar-refractivity contribution in [2.24, 2.45) is 5.18 Å². The van der Waals surface area contributed by atoms with Crippen LogP contribution in [0.5, 0.6) is 0 Å². The Bertz CT molecular complexity index is 633. The van der Waals surface area contributed by atoms with Crippen LogP contribution in [0.25, 0.3) is 11.3 Å². The van der Waals surface area contributed by atoms with Crippen LogP contribution in [-0.4, -0.2) is 9.97 Å². The van der Waals surface area contributed by atoms with E-state index in [1.54, 1.807) is 0 Å². The molecule has 0 fully saturated rings. The van der Waals surface area contributed by atoms with Gasteiger partial charge in [0, 0.05) is 5.56 Å². The van der Waals surface area contributed by atoms with E-state index >= 15 is 0 Å². The summed E-state index contributed by atoms with van der Waals surface area (Å²) in [6.07, 6.45) is 1.17. The molecular formula is C11H7N3O2. The second-order valence-corrected chi connectivity index (χ2v) is 3.60. The van der Waals surface area contributed by atoms with Crippen molar-refractivity contribution in [3.63, 3.8) is 0 Å². The van der Waals surface area contributed by atoms with Gasteiger partial charge in [0.15, 0.2) is 6.04 Å². The Morgan fingerprint density at radius 1 is 1.31 bits per heavy atom. The summed E-state index contributed by atoms with van der Waals surface area (Å²) in [4.78, 5) is 28.7. The maximum Gasteiger partial charge on any atom is 0.266 e. The number of fused-ring (bicyclic) bond motifs is 3. The predicted molar refractivity (Wildman–Crippen MR) is 57.9 cm³/mol. The van der Waals surface area contributed by atoms with Gasteiger partial charge in [-0.05, 0) is 5.56 Å². The van der Waals surface area contributed by atoms with Gasteiger partial charge in [0.2, 0.25) is 0 Å². The average Bonchev–Trinajstić information content (AvgIpc) is 2.62. The monoisotopic (exact) mass is 213 g/mol. The third kappa shape index (κ3) is 1.05. The van der Waals surface area contributed by atoms with Crippen molar-refractivity contribution < 1.29 is 0 Å². The van der Waals surface area contributed by atoms with E-state index in [0.29, 0.717) is 11.4 Å². The fraction of sp³-hybridized carbons (Fsp3) is 0.0909. The molecule has 0 saturated heterocycles. The number of H-pyrrole nitrogens is 1. The summed E-state index contributed by atoms with van der Waals surface area (Å²) < 4.78 is 0. The van der Waals surface area contributed by atoms with Crippen molar-refractivity contribution in [3.05, 3.63) is 57.0 Å². The van der Waals surface area contributed by atoms with Crippen LogP contribution < -0.4 is 5.56 Å². The second kappa shape index (κ2) is 3.10. The number of benzene rings is 1. The number of nitrogens with zero attached hydrogens (tertiary/aromatic N) is 2. The normalized spacial score (nSPS) is 16.6. The summed E-state index contributed by atoms with van der Waals surface area (Å²) in [6, 6.07) is 6.74. The zero-order valence-electron chi connectivity index (χ0n) is 8.18. The van der Waals surface area contributed by atoms with Crippen LogP contribution in [0.1, 0.15) is 17.3 Å². The molecule has 0 aliphatic heterocycles. The van der Waals surface area contributed by atoms with Crippen LogP contribution in [0.2, 0.25) is 0 Å². The Morgan fingerprint density at radius 3 is 2.94 bits per heavy atom. The molecule has 0 bridgehead atoms. The first-order valence-corrected chi connectivity index (χ1v) is 4.82. The molecule has 0 spiro atoms. The minimum absolute atomic E-state index is 0.278. The fourth-order valence-corrected chi connectivity index (χ4v) is 2.04. The summed E-state index contributed by atoms with van der Waals surface area (Å²) in [5.74, 6) is 0. The number of nitroso groups, excluding NO2 is 1. The number of hydrogen-bond acceptors (Lipinski definition) is 4. The highest BCUT2D eigenvalue weighted by atomic mass is 16.3. The Morgan fingerprint density at radius 2 is 2.12 bits per heavy atom. The zero-order chi connectivity index (χ0) is 11.1. The summed E-state index contributed by atoms with van der Waals surface area (Å²) in [7, 11) is 0. The van der Waals surface area contributed by atoms with Crippen LogP contribution in [-0.2, 0) is 0 Å². The van der Waals surface area contributed by atoms with Gasteiger partial charge in [-0.2, -0.15) is 0 Å².